The van der Waals surface area contributed by atoms with Crippen LogP contribution in [0.25, 0.3) is 0 Å². The second kappa shape index (κ2) is 13.5. The first-order valence-electron chi connectivity index (χ1n) is 10.1. The van der Waals surface area contributed by atoms with E-state index in [2.05, 4.69) is 6.92 Å². The van der Waals surface area contributed by atoms with Gasteiger partial charge in [-0.05, 0) is 45.2 Å². The molecule has 0 spiro atoms. The molecule has 0 fully saturated rings. The summed E-state index contributed by atoms with van der Waals surface area (Å²) in [5.41, 5.74) is -0.0978. The van der Waals surface area contributed by atoms with Gasteiger partial charge in [-0.25, -0.2) is 4.79 Å². The quantitative estimate of drug-likeness (QED) is 0.138. The fourth-order valence-corrected chi connectivity index (χ4v) is 2.73. The van der Waals surface area contributed by atoms with Crippen molar-refractivity contribution in [1.82, 2.24) is 0 Å². The highest BCUT2D eigenvalue weighted by Crippen LogP contribution is 2.19. The standard InChI is InChI=1S/C21H31NO7/c1-4-5-6-7-8-9-18(14-15-20(23)27-16(2)3)28-21(24)29-19-12-10-17(11-13-19)22(25)26/h10-13,16,18H,4-9,14-15H2,1-3H3. The Morgan fingerprint density at radius 1 is 1.00 bits per heavy atom. The monoisotopic (exact) mass is 409 g/mol. The Bertz CT molecular complexity index is 643. The molecule has 0 N–H and O–H groups in total. The first-order chi connectivity index (χ1) is 13.8. The largest absolute Gasteiger partial charge is 0.514 e. The lowest BCUT2D eigenvalue weighted by molar-refractivity contribution is -0.384. The molecule has 0 amide bonds. The number of nitro groups is 1. The van der Waals surface area contributed by atoms with Gasteiger partial charge in [0.25, 0.3) is 5.69 Å². The molecule has 0 radical (unpaired) electrons. The van der Waals surface area contributed by atoms with Crippen LogP contribution in [-0.2, 0) is 14.3 Å². The summed E-state index contributed by atoms with van der Waals surface area (Å²) < 4.78 is 15.6. The Kier molecular flexibility index (Phi) is 11.4. The molecule has 8 nitrogen and oxygen atoms in total. The average molecular weight is 409 g/mol. The molecule has 0 bridgehead atoms. The molecular formula is C21H31NO7. The summed E-state index contributed by atoms with van der Waals surface area (Å²) in [5.74, 6) is -0.176. The van der Waals surface area contributed by atoms with Gasteiger partial charge in [0.15, 0.2) is 0 Å². The minimum atomic E-state index is -0.894. The number of hydrogen-bond donors (Lipinski definition) is 0. The van der Waals surface area contributed by atoms with Gasteiger partial charge in [0.1, 0.15) is 11.9 Å². The van der Waals surface area contributed by atoms with Crippen LogP contribution in [0.5, 0.6) is 5.75 Å². The third kappa shape index (κ3) is 11.1. The van der Waals surface area contributed by atoms with Crippen LogP contribution in [-0.4, -0.2) is 29.3 Å². The summed E-state index contributed by atoms with van der Waals surface area (Å²) >= 11 is 0. The zero-order chi connectivity index (χ0) is 21.6. The van der Waals surface area contributed by atoms with Crippen molar-refractivity contribution in [3.05, 3.63) is 34.4 Å². The van der Waals surface area contributed by atoms with Gasteiger partial charge < -0.3 is 14.2 Å². The molecule has 0 aliphatic rings. The molecule has 1 aromatic carbocycles. The minimum absolute atomic E-state index is 0.0978. The summed E-state index contributed by atoms with van der Waals surface area (Å²) in [5, 5.41) is 10.7. The lowest BCUT2D eigenvalue weighted by Crippen LogP contribution is -2.23. The van der Waals surface area contributed by atoms with E-state index in [4.69, 9.17) is 14.2 Å². The Morgan fingerprint density at radius 2 is 1.66 bits per heavy atom. The molecule has 0 aromatic heterocycles. The number of carbonyl (C=O) groups is 2. The molecule has 1 atom stereocenters. The highest BCUT2D eigenvalue weighted by Gasteiger charge is 2.19. The average Bonchev–Trinajstić information content (AvgIpc) is 2.65. The highest BCUT2D eigenvalue weighted by atomic mass is 16.7. The number of benzene rings is 1. The predicted octanol–water partition coefficient (Wildman–Crippen LogP) is 5.57. The zero-order valence-corrected chi connectivity index (χ0v) is 17.4. The Balaban J connectivity index is 2.56. The van der Waals surface area contributed by atoms with Crippen LogP contribution in [0.15, 0.2) is 24.3 Å². The van der Waals surface area contributed by atoms with Crippen LogP contribution in [0.4, 0.5) is 10.5 Å². The van der Waals surface area contributed by atoms with E-state index < -0.39 is 17.2 Å². The van der Waals surface area contributed by atoms with E-state index in [1.54, 1.807) is 13.8 Å². The summed E-state index contributed by atoms with van der Waals surface area (Å²) in [6, 6.07) is 5.16. The van der Waals surface area contributed by atoms with E-state index >= 15 is 0 Å². The van der Waals surface area contributed by atoms with Gasteiger partial charge in [0, 0.05) is 18.6 Å². The lowest BCUT2D eigenvalue weighted by Gasteiger charge is -2.18. The number of esters is 1. The number of nitro benzene ring substituents is 1. The maximum atomic E-state index is 12.1. The van der Waals surface area contributed by atoms with Crippen LogP contribution in [0.2, 0.25) is 0 Å². The van der Waals surface area contributed by atoms with Crippen molar-refractivity contribution >= 4 is 17.8 Å². The molecule has 8 heteroatoms. The number of non-ortho nitro benzene ring substituents is 1. The van der Waals surface area contributed by atoms with Crippen LogP contribution in [0.1, 0.15) is 72.1 Å². The van der Waals surface area contributed by atoms with E-state index in [0.717, 1.165) is 32.1 Å². The molecular weight excluding hydrogens is 378 g/mol. The molecule has 1 unspecified atom stereocenters. The number of ether oxygens (including phenoxy) is 3. The summed E-state index contributed by atoms with van der Waals surface area (Å²) in [4.78, 5) is 34.0. The van der Waals surface area contributed by atoms with Gasteiger partial charge in [-0.2, -0.15) is 0 Å². The molecule has 162 valence electrons. The second-order valence-corrected chi connectivity index (χ2v) is 7.12. The van der Waals surface area contributed by atoms with Crippen molar-refractivity contribution in [3.63, 3.8) is 0 Å². The number of carbonyl (C=O) groups excluding carboxylic acids is 2. The Morgan fingerprint density at radius 3 is 2.24 bits per heavy atom. The minimum Gasteiger partial charge on any atom is -0.463 e. The van der Waals surface area contributed by atoms with Gasteiger partial charge >= 0.3 is 12.1 Å². The summed E-state index contributed by atoms with van der Waals surface area (Å²) in [7, 11) is 0. The van der Waals surface area contributed by atoms with Crippen molar-refractivity contribution in [2.75, 3.05) is 0 Å². The molecule has 1 rings (SSSR count). The maximum Gasteiger partial charge on any atom is 0.514 e. The molecule has 29 heavy (non-hydrogen) atoms. The van der Waals surface area contributed by atoms with E-state index in [-0.39, 0.29) is 29.9 Å². The molecule has 0 aliphatic heterocycles. The topological polar surface area (TPSA) is 105 Å². The van der Waals surface area contributed by atoms with Crippen molar-refractivity contribution in [2.45, 2.75) is 84.3 Å². The van der Waals surface area contributed by atoms with E-state index in [9.17, 15) is 19.7 Å². The van der Waals surface area contributed by atoms with E-state index in [0.29, 0.717) is 12.8 Å². The van der Waals surface area contributed by atoms with Crippen LogP contribution in [0.3, 0.4) is 0 Å². The van der Waals surface area contributed by atoms with Gasteiger partial charge in [-0.15, -0.1) is 0 Å². The lowest BCUT2D eigenvalue weighted by atomic mass is 10.0. The van der Waals surface area contributed by atoms with Crippen molar-refractivity contribution in [3.8, 4) is 5.75 Å². The van der Waals surface area contributed by atoms with Crippen molar-refractivity contribution in [1.29, 1.82) is 0 Å². The maximum absolute atomic E-state index is 12.1. The predicted molar refractivity (Wildman–Crippen MR) is 108 cm³/mol. The molecule has 1 aromatic rings. The van der Waals surface area contributed by atoms with Crippen molar-refractivity contribution in [2.24, 2.45) is 0 Å². The summed E-state index contributed by atoms with van der Waals surface area (Å²) in [6.45, 7) is 5.70. The van der Waals surface area contributed by atoms with Crippen molar-refractivity contribution < 1.29 is 28.7 Å². The normalized spacial score (nSPS) is 11.7. The van der Waals surface area contributed by atoms with Crippen LogP contribution in [0, 0.1) is 10.1 Å². The number of nitrogens with zero attached hydrogens (tertiary/aromatic N) is 1. The fraction of sp³-hybridized carbons (Fsp3) is 0.619. The highest BCUT2D eigenvalue weighted by molar-refractivity contribution is 5.69. The second-order valence-electron chi connectivity index (χ2n) is 7.12. The first kappa shape index (κ1) is 24.4. The first-order valence-corrected chi connectivity index (χ1v) is 10.1. The van der Waals surface area contributed by atoms with E-state index in [1.165, 1.54) is 24.3 Å². The number of rotatable bonds is 13. The Labute approximate surface area is 171 Å². The van der Waals surface area contributed by atoms with Crippen LogP contribution >= 0.6 is 0 Å². The third-order valence-electron chi connectivity index (χ3n) is 4.18. The SMILES string of the molecule is CCCCCCCC(CCC(=O)OC(C)C)OC(=O)Oc1ccc([N+](=O)[O-])cc1. The summed E-state index contributed by atoms with van der Waals surface area (Å²) in [6.07, 6.45) is 4.93. The molecule has 0 heterocycles. The Hall–Kier alpha value is -2.64. The smallest absolute Gasteiger partial charge is 0.463 e. The number of hydrogen-bond acceptors (Lipinski definition) is 7. The van der Waals surface area contributed by atoms with Crippen LogP contribution < -0.4 is 4.74 Å². The van der Waals surface area contributed by atoms with Gasteiger partial charge in [-0.1, -0.05) is 32.6 Å². The van der Waals surface area contributed by atoms with Gasteiger partial charge in [0.05, 0.1) is 11.0 Å². The molecule has 0 saturated carbocycles. The van der Waals surface area contributed by atoms with Gasteiger partial charge in [0.2, 0.25) is 0 Å². The van der Waals surface area contributed by atoms with Gasteiger partial charge in [-0.3, -0.25) is 14.9 Å². The van der Waals surface area contributed by atoms with E-state index in [1.807, 2.05) is 0 Å². The zero-order valence-electron chi connectivity index (χ0n) is 17.4. The third-order valence-corrected chi connectivity index (χ3v) is 4.18. The molecule has 0 saturated heterocycles. The molecule has 0 aliphatic carbocycles. The number of unbranched alkanes of at least 4 members (excludes halogenated alkanes) is 4. The fourth-order valence-electron chi connectivity index (χ4n) is 2.73.